The van der Waals surface area contributed by atoms with Gasteiger partial charge in [-0.25, -0.2) is 0 Å². The monoisotopic (exact) mass is 433 g/mol. The number of nitrogens with zero attached hydrogens (tertiary/aromatic N) is 1. The molecule has 0 N–H and O–H groups in total. The number of thioether (sulfide) groups is 1. The van der Waals surface area contributed by atoms with E-state index in [0.717, 1.165) is 33.3 Å². The highest BCUT2D eigenvalue weighted by Gasteiger charge is 2.33. The van der Waals surface area contributed by atoms with Crippen LogP contribution in [0.25, 0.3) is 16.8 Å². The van der Waals surface area contributed by atoms with Crippen LogP contribution >= 0.6 is 24.0 Å². The Balaban J connectivity index is 1.80. The van der Waals surface area contributed by atoms with E-state index in [9.17, 15) is 4.79 Å². The first-order chi connectivity index (χ1) is 14.3. The number of fused-ring (bicyclic) bond motifs is 1. The third kappa shape index (κ3) is 3.87. The summed E-state index contributed by atoms with van der Waals surface area (Å²) >= 11 is 6.89. The minimum Gasteiger partial charge on any atom is -0.490 e. The molecule has 5 heteroatoms. The summed E-state index contributed by atoms with van der Waals surface area (Å²) < 4.78 is 6.60. The van der Waals surface area contributed by atoms with Gasteiger partial charge in [-0.3, -0.25) is 9.69 Å². The van der Waals surface area contributed by atoms with Gasteiger partial charge in [0.1, 0.15) is 5.75 Å². The first-order valence-corrected chi connectivity index (χ1v) is 11.1. The highest BCUT2D eigenvalue weighted by atomic mass is 32.2. The summed E-state index contributed by atoms with van der Waals surface area (Å²) in [7, 11) is 0. The fraction of sp³-hybridized carbons (Fsp3) is 0.200. The van der Waals surface area contributed by atoms with Gasteiger partial charge in [0.25, 0.3) is 5.91 Å². The molecule has 3 aromatic carbocycles. The van der Waals surface area contributed by atoms with Gasteiger partial charge < -0.3 is 4.74 Å². The summed E-state index contributed by atoms with van der Waals surface area (Å²) in [4.78, 5) is 15.5. The minimum atomic E-state index is -0.100. The van der Waals surface area contributed by atoms with Crippen LogP contribution < -0.4 is 9.64 Å². The largest absolute Gasteiger partial charge is 0.490 e. The molecular formula is C25H23NO2S2. The molecule has 1 aliphatic heterocycles. The molecule has 4 rings (SSSR count). The minimum absolute atomic E-state index is 0.0309. The lowest BCUT2D eigenvalue weighted by Crippen LogP contribution is -2.27. The predicted molar refractivity (Wildman–Crippen MR) is 131 cm³/mol. The maximum Gasteiger partial charge on any atom is 0.270 e. The fourth-order valence-corrected chi connectivity index (χ4v) is 4.75. The molecular weight excluding hydrogens is 410 g/mol. The van der Waals surface area contributed by atoms with Crippen molar-refractivity contribution in [2.45, 2.75) is 33.8 Å². The number of ether oxygens (including phenoxy) is 1. The summed E-state index contributed by atoms with van der Waals surface area (Å²) in [6.07, 6.45) is 1.95. The van der Waals surface area contributed by atoms with Gasteiger partial charge in [-0.2, -0.15) is 0 Å². The highest BCUT2D eigenvalue weighted by molar-refractivity contribution is 8.27. The van der Waals surface area contributed by atoms with Crippen molar-refractivity contribution in [2.24, 2.45) is 0 Å². The zero-order chi connectivity index (χ0) is 21.4. The number of rotatable bonds is 4. The topological polar surface area (TPSA) is 29.5 Å². The van der Waals surface area contributed by atoms with Crippen molar-refractivity contribution >= 4 is 56.7 Å². The van der Waals surface area contributed by atoms with Gasteiger partial charge in [0.15, 0.2) is 4.32 Å². The maximum absolute atomic E-state index is 13.3. The standard InChI is InChI=1S/C25H23NO2S2/c1-15(2)28-22-12-10-18-7-5-6-8-20(18)21(22)14-23-24(27)26(25(29)30-23)19-11-9-16(3)17(4)13-19/h5-15H,1-4H3/b23-14+. The smallest absolute Gasteiger partial charge is 0.270 e. The van der Waals surface area contributed by atoms with Crippen LogP contribution in [0.15, 0.2) is 59.5 Å². The molecule has 0 atom stereocenters. The molecule has 0 unspecified atom stereocenters. The van der Waals surface area contributed by atoms with Crippen molar-refractivity contribution in [1.82, 2.24) is 0 Å². The Morgan fingerprint density at radius 2 is 1.80 bits per heavy atom. The number of carbonyl (C=O) groups excluding carboxylic acids is 1. The average Bonchev–Trinajstić information content (AvgIpc) is 2.99. The van der Waals surface area contributed by atoms with Crippen LogP contribution in [-0.2, 0) is 4.79 Å². The van der Waals surface area contributed by atoms with Crippen molar-refractivity contribution in [3.63, 3.8) is 0 Å². The molecule has 30 heavy (non-hydrogen) atoms. The second-order valence-corrected chi connectivity index (χ2v) is 9.33. The normalized spacial score (nSPS) is 15.6. The van der Waals surface area contributed by atoms with E-state index in [-0.39, 0.29) is 12.0 Å². The Labute approximate surface area is 186 Å². The molecule has 3 aromatic rings. The van der Waals surface area contributed by atoms with Gasteiger partial charge in [0.2, 0.25) is 0 Å². The molecule has 0 spiro atoms. The first-order valence-electron chi connectivity index (χ1n) is 9.89. The number of anilines is 1. The van der Waals surface area contributed by atoms with Gasteiger partial charge >= 0.3 is 0 Å². The maximum atomic E-state index is 13.3. The van der Waals surface area contributed by atoms with Gasteiger partial charge in [0.05, 0.1) is 16.7 Å². The van der Waals surface area contributed by atoms with Crippen molar-refractivity contribution in [1.29, 1.82) is 0 Å². The summed E-state index contributed by atoms with van der Waals surface area (Å²) in [5.41, 5.74) is 4.03. The van der Waals surface area contributed by atoms with Crippen LogP contribution in [0, 0.1) is 13.8 Å². The number of hydrogen-bond donors (Lipinski definition) is 0. The Hall–Kier alpha value is -2.63. The van der Waals surface area contributed by atoms with Crippen LogP contribution in [0.1, 0.15) is 30.5 Å². The first kappa shape index (κ1) is 20.6. The van der Waals surface area contributed by atoms with Crippen LogP contribution in [0.3, 0.4) is 0 Å². The van der Waals surface area contributed by atoms with E-state index in [2.05, 4.69) is 19.1 Å². The number of thiocarbonyl (C=S) groups is 1. The van der Waals surface area contributed by atoms with Gasteiger partial charge in [-0.15, -0.1) is 0 Å². The summed E-state index contributed by atoms with van der Waals surface area (Å²) in [5.74, 6) is 0.664. The summed E-state index contributed by atoms with van der Waals surface area (Å²) in [6, 6.07) is 18.1. The van der Waals surface area contributed by atoms with E-state index in [1.807, 2.05) is 69.3 Å². The molecule has 1 saturated heterocycles. The average molecular weight is 434 g/mol. The van der Waals surface area contributed by atoms with E-state index in [1.165, 1.54) is 17.3 Å². The van der Waals surface area contributed by atoms with E-state index in [1.54, 1.807) is 4.90 Å². The van der Waals surface area contributed by atoms with Gasteiger partial charge in [0, 0.05) is 5.56 Å². The predicted octanol–water partition coefficient (Wildman–Crippen LogP) is 6.65. The molecule has 3 nitrogen and oxygen atoms in total. The number of amides is 1. The second kappa shape index (κ2) is 8.25. The third-order valence-corrected chi connectivity index (χ3v) is 6.41. The second-order valence-electron chi connectivity index (χ2n) is 7.65. The van der Waals surface area contributed by atoms with E-state index in [0.29, 0.717) is 9.23 Å². The quantitative estimate of drug-likeness (QED) is 0.340. The summed E-state index contributed by atoms with van der Waals surface area (Å²) in [6.45, 7) is 8.09. The molecule has 1 fully saturated rings. The Morgan fingerprint density at radius 1 is 1.03 bits per heavy atom. The van der Waals surface area contributed by atoms with Crippen LogP contribution in [0.2, 0.25) is 0 Å². The third-order valence-electron chi connectivity index (χ3n) is 5.11. The Kier molecular flexibility index (Phi) is 5.67. The Bertz CT molecular complexity index is 1200. The molecule has 0 aromatic heterocycles. The lowest BCUT2D eigenvalue weighted by Gasteiger charge is -2.16. The van der Waals surface area contributed by atoms with E-state index < -0.39 is 0 Å². The van der Waals surface area contributed by atoms with Crippen LogP contribution in [0.5, 0.6) is 5.75 Å². The van der Waals surface area contributed by atoms with E-state index in [4.69, 9.17) is 17.0 Å². The lowest BCUT2D eigenvalue weighted by atomic mass is 10.0. The van der Waals surface area contributed by atoms with Crippen molar-refractivity contribution in [3.8, 4) is 5.75 Å². The molecule has 0 aliphatic carbocycles. The molecule has 0 saturated carbocycles. The van der Waals surface area contributed by atoms with Gasteiger partial charge in [-0.05, 0) is 73.9 Å². The van der Waals surface area contributed by atoms with Crippen LogP contribution in [-0.4, -0.2) is 16.3 Å². The molecule has 1 aliphatic rings. The van der Waals surface area contributed by atoms with Crippen molar-refractivity contribution in [3.05, 3.63) is 76.2 Å². The fourth-order valence-electron chi connectivity index (χ4n) is 3.47. The number of benzene rings is 3. The number of aryl methyl sites for hydroxylation is 2. The number of hydrogen-bond acceptors (Lipinski definition) is 4. The molecule has 1 amide bonds. The van der Waals surface area contributed by atoms with Gasteiger partial charge in [-0.1, -0.05) is 60.4 Å². The Morgan fingerprint density at radius 3 is 2.53 bits per heavy atom. The highest BCUT2D eigenvalue weighted by Crippen LogP contribution is 2.39. The van der Waals surface area contributed by atoms with Crippen molar-refractivity contribution in [2.75, 3.05) is 4.90 Å². The van der Waals surface area contributed by atoms with Crippen LogP contribution in [0.4, 0.5) is 5.69 Å². The van der Waals surface area contributed by atoms with E-state index >= 15 is 0 Å². The molecule has 0 radical (unpaired) electrons. The molecule has 0 bridgehead atoms. The summed E-state index contributed by atoms with van der Waals surface area (Å²) in [5, 5.41) is 2.15. The molecule has 1 heterocycles. The molecule has 152 valence electrons. The lowest BCUT2D eigenvalue weighted by molar-refractivity contribution is -0.113. The number of carbonyl (C=O) groups is 1. The van der Waals surface area contributed by atoms with Crippen molar-refractivity contribution < 1.29 is 9.53 Å². The SMILES string of the molecule is Cc1ccc(N2C(=O)/C(=C\c3c(OC(C)C)ccc4ccccc34)SC2=S)cc1C. The zero-order valence-electron chi connectivity index (χ0n) is 17.4. The zero-order valence-corrected chi connectivity index (χ0v) is 19.1.